The van der Waals surface area contributed by atoms with Crippen LogP contribution in [-0.2, 0) is 11.2 Å². The predicted octanol–water partition coefficient (Wildman–Crippen LogP) is 3.64. The molecule has 21 heavy (non-hydrogen) atoms. The van der Waals surface area contributed by atoms with Gasteiger partial charge in [0.2, 0.25) is 0 Å². The van der Waals surface area contributed by atoms with Crippen molar-refractivity contribution in [3.05, 3.63) is 65.7 Å². The summed E-state index contributed by atoms with van der Waals surface area (Å²) in [5.74, 6) is -0.482. The third-order valence-electron chi connectivity index (χ3n) is 3.67. The zero-order valence-electron chi connectivity index (χ0n) is 11.7. The van der Waals surface area contributed by atoms with Crippen LogP contribution in [0.2, 0.25) is 0 Å². The van der Waals surface area contributed by atoms with Gasteiger partial charge in [-0.3, -0.25) is 4.79 Å². The highest BCUT2D eigenvalue weighted by molar-refractivity contribution is 5.76. The average molecular weight is 282 g/mol. The summed E-state index contributed by atoms with van der Waals surface area (Å²) in [4.78, 5) is 11.5. The second-order valence-corrected chi connectivity index (χ2v) is 5.47. The van der Waals surface area contributed by atoms with Gasteiger partial charge in [-0.2, -0.15) is 0 Å². The Morgan fingerprint density at radius 1 is 1.14 bits per heavy atom. The Morgan fingerprint density at radius 3 is 2.57 bits per heavy atom. The van der Waals surface area contributed by atoms with E-state index in [1.54, 1.807) is 0 Å². The first-order valence-electron chi connectivity index (χ1n) is 7.26. The van der Waals surface area contributed by atoms with Crippen LogP contribution < -0.4 is 4.74 Å². The molecule has 1 aliphatic rings. The number of carbonyl (C=O) groups is 1. The van der Waals surface area contributed by atoms with Gasteiger partial charge in [-0.1, -0.05) is 42.5 Å². The van der Waals surface area contributed by atoms with Crippen LogP contribution in [0.1, 0.15) is 29.9 Å². The van der Waals surface area contributed by atoms with Crippen molar-refractivity contribution < 1.29 is 14.6 Å². The van der Waals surface area contributed by atoms with E-state index in [9.17, 15) is 9.90 Å². The van der Waals surface area contributed by atoms with Gasteiger partial charge in [0.15, 0.2) is 0 Å². The van der Waals surface area contributed by atoms with E-state index in [0.717, 1.165) is 29.7 Å². The summed E-state index contributed by atoms with van der Waals surface area (Å²) in [6, 6.07) is 17.1. The van der Waals surface area contributed by atoms with E-state index in [-0.39, 0.29) is 0 Å². The molecule has 1 N–H and O–H groups in total. The van der Waals surface area contributed by atoms with Crippen LogP contribution in [0.5, 0.6) is 5.75 Å². The molecule has 108 valence electrons. The minimum absolute atomic E-state index is 0.352. The first-order chi connectivity index (χ1) is 10.2. The van der Waals surface area contributed by atoms with E-state index in [0.29, 0.717) is 12.5 Å². The molecule has 0 radical (unpaired) electrons. The third kappa shape index (κ3) is 3.63. The third-order valence-corrected chi connectivity index (χ3v) is 3.67. The molecule has 2 aromatic carbocycles. The number of aliphatic carboxylic acids is 1. The SMILES string of the molecule is O=C(O)C(Cc1cccc(OC2CC2)c1)c1ccccc1. The molecule has 0 spiro atoms. The van der Waals surface area contributed by atoms with Gasteiger partial charge in [0, 0.05) is 0 Å². The lowest BCUT2D eigenvalue weighted by molar-refractivity contribution is -0.138. The van der Waals surface area contributed by atoms with Crippen molar-refractivity contribution >= 4 is 5.97 Å². The minimum Gasteiger partial charge on any atom is -0.490 e. The first kappa shape index (κ1) is 13.7. The maximum Gasteiger partial charge on any atom is 0.311 e. The van der Waals surface area contributed by atoms with Gasteiger partial charge in [-0.05, 0) is 42.5 Å². The summed E-state index contributed by atoms with van der Waals surface area (Å²) in [7, 11) is 0. The molecule has 3 rings (SSSR count). The van der Waals surface area contributed by atoms with Crippen molar-refractivity contribution in [1.29, 1.82) is 0 Å². The molecule has 0 aliphatic heterocycles. The second kappa shape index (κ2) is 6.00. The molecular formula is C18H18O3. The Hall–Kier alpha value is -2.29. The molecule has 1 saturated carbocycles. The average Bonchev–Trinajstić information content (AvgIpc) is 3.30. The maximum absolute atomic E-state index is 11.5. The molecule has 3 heteroatoms. The number of hydrogen-bond donors (Lipinski definition) is 1. The molecule has 1 atom stereocenters. The highest BCUT2D eigenvalue weighted by atomic mass is 16.5. The van der Waals surface area contributed by atoms with Crippen LogP contribution in [0.4, 0.5) is 0 Å². The maximum atomic E-state index is 11.5. The van der Waals surface area contributed by atoms with Gasteiger partial charge in [0.05, 0.1) is 12.0 Å². The molecule has 0 saturated heterocycles. The molecule has 2 aromatic rings. The topological polar surface area (TPSA) is 46.5 Å². The fraction of sp³-hybridized carbons (Fsp3) is 0.278. The molecule has 0 heterocycles. The monoisotopic (exact) mass is 282 g/mol. The van der Waals surface area contributed by atoms with Crippen LogP contribution in [0.25, 0.3) is 0 Å². The van der Waals surface area contributed by atoms with Crippen molar-refractivity contribution in [2.24, 2.45) is 0 Å². The van der Waals surface area contributed by atoms with Crippen LogP contribution in [0.15, 0.2) is 54.6 Å². The summed E-state index contributed by atoms with van der Waals surface area (Å²) in [6.45, 7) is 0. The van der Waals surface area contributed by atoms with Gasteiger partial charge in [-0.25, -0.2) is 0 Å². The highest BCUT2D eigenvalue weighted by Gasteiger charge is 2.24. The standard InChI is InChI=1S/C18H18O3/c19-18(20)17(14-6-2-1-3-7-14)12-13-5-4-8-16(11-13)21-15-9-10-15/h1-8,11,15,17H,9-10,12H2,(H,19,20). The number of benzene rings is 2. The quantitative estimate of drug-likeness (QED) is 0.880. The second-order valence-electron chi connectivity index (χ2n) is 5.47. The van der Waals surface area contributed by atoms with Crippen molar-refractivity contribution in [3.8, 4) is 5.75 Å². The lowest BCUT2D eigenvalue weighted by Gasteiger charge is -2.14. The first-order valence-corrected chi connectivity index (χ1v) is 7.26. The largest absolute Gasteiger partial charge is 0.490 e. The molecule has 1 unspecified atom stereocenters. The number of ether oxygens (including phenoxy) is 1. The normalized spacial score (nSPS) is 15.4. The van der Waals surface area contributed by atoms with E-state index >= 15 is 0 Å². The van der Waals surface area contributed by atoms with E-state index in [4.69, 9.17) is 4.74 Å². The highest BCUT2D eigenvalue weighted by Crippen LogP contribution is 2.28. The minimum atomic E-state index is -0.797. The van der Waals surface area contributed by atoms with E-state index in [1.807, 2.05) is 54.6 Å². The van der Waals surface area contributed by atoms with Gasteiger partial charge >= 0.3 is 5.97 Å². The zero-order chi connectivity index (χ0) is 14.7. The van der Waals surface area contributed by atoms with E-state index < -0.39 is 11.9 Å². The molecular weight excluding hydrogens is 264 g/mol. The molecule has 3 nitrogen and oxygen atoms in total. The molecule has 1 fully saturated rings. The summed E-state index contributed by atoms with van der Waals surface area (Å²) in [6.07, 6.45) is 3.06. The Kier molecular flexibility index (Phi) is 3.91. The Morgan fingerprint density at radius 2 is 1.90 bits per heavy atom. The Labute approximate surface area is 124 Å². The van der Waals surface area contributed by atoms with Gasteiger partial charge in [0.25, 0.3) is 0 Å². The molecule has 0 amide bonds. The van der Waals surface area contributed by atoms with E-state index in [2.05, 4.69) is 0 Å². The number of rotatable bonds is 6. The van der Waals surface area contributed by atoms with Crippen LogP contribution in [-0.4, -0.2) is 17.2 Å². The van der Waals surface area contributed by atoms with Crippen LogP contribution in [0.3, 0.4) is 0 Å². The molecule has 1 aliphatic carbocycles. The van der Waals surface area contributed by atoms with Gasteiger partial charge < -0.3 is 9.84 Å². The van der Waals surface area contributed by atoms with Gasteiger partial charge in [-0.15, -0.1) is 0 Å². The smallest absolute Gasteiger partial charge is 0.311 e. The fourth-order valence-electron chi connectivity index (χ4n) is 2.39. The van der Waals surface area contributed by atoms with Crippen molar-refractivity contribution in [2.45, 2.75) is 31.3 Å². The zero-order valence-corrected chi connectivity index (χ0v) is 11.7. The Bertz CT molecular complexity index is 617. The van der Waals surface area contributed by atoms with Crippen LogP contribution >= 0.6 is 0 Å². The lowest BCUT2D eigenvalue weighted by Crippen LogP contribution is -2.14. The predicted molar refractivity (Wildman–Crippen MR) is 80.6 cm³/mol. The van der Waals surface area contributed by atoms with Crippen molar-refractivity contribution in [3.63, 3.8) is 0 Å². The summed E-state index contributed by atoms with van der Waals surface area (Å²) < 4.78 is 5.77. The molecule has 0 aromatic heterocycles. The summed E-state index contributed by atoms with van der Waals surface area (Å²) in [5.41, 5.74) is 1.82. The summed E-state index contributed by atoms with van der Waals surface area (Å²) >= 11 is 0. The van der Waals surface area contributed by atoms with E-state index in [1.165, 1.54) is 0 Å². The van der Waals surface area contributed by atoms with Crippen molar-refractivity contribution in [1.82, 2.24) is 0 Å². The molecule has 0 bridgehead atoms. The number of carboxylic acids is 1. The lowest BCUT2D eigenvalue weighted by atomic mass is 9.92. The van der Waals surface area contributed by atoms with Crippen molar-refractivity contribution in [2.75, 3.05) is 0 Å². The summed E-state index contributed by atoms with van der Waals surface area (Å²) in [5, 5.41) is 9.48. The Balaban J connectivity index is 1.77. The fourth-order valence-corrected chi connectivity index (χ4v) is 2.39. The van der Waals surface area contributed by atoms with Crippen LogP contribution in [0, 0.1) is 0 Å². The number of carboxylic acid groups (broad SMARTS) is 1. The van der Waals surface area contributed by atoms with Gasteiger partial charge in [0.1, 0.15) is 5.75 Å². The number of hydrogen-bond acceptors (Lipinski definition) is 2.